The lowest BCUT2D eigenvalue weighted by atomic mass is 9.89. The van der Waals surface area contributed by atoms with Gasteiger partial charge in [-0.25, -0.2) is 4.39 Å². The summed E-state index contributed by atoms with van der Waals surface area (Å²) in [7, 11) is 0. The average molecular weight is 370 g/mol. The van der Waals surface area contributed by atoms with Crippen LogP contribution in [-0.4, -0.2) is 21.9 Å². The molecule has 0 spiro atoms. The zero-order valence-corrected chi connectivity index (χ0v) is 14.5. The van der Waals surface area contributed by atoms with E-state index in [2.05, 4.69) is 15.5 Å². The highest BCUT2D eigenvalue weighted by Crippen LogP contribution is 2.32. The predicted octanol–water partition coefficient (Wildman–Crippen LogP) is 4.64. The molecule has 24 heavy (non-hydrogen) atoms. The second-order valence-electron chi connectivity index (χ2n) is 5.70. The van der Waals surface area contributed by atoms with Crippen molar-refractivity contribution in [3.63, 3.8) is 0 Å². The summed E-state index contributed by atoms with van der Waals surface area (Å²) < 4.78 is 19.3. The van der Waals surface area contributed by atoms with Gasteiger partial charge in [-0.3, -0.25) is 4.79 Å². The molecule has 8 heteroatoms. The SMILES string of the molecule is O=C(CSc1nnc(C2CCCCC2)o1)Nc1ccc(Cl)cc1F. The summed E-state index contributed by atoms with van der Waals surface area (Å²) in [6.07, 6.45) is 5.77. The van der Waals surface area contributed by atoms with Gasteiger partial charge in [0, 0.05) is 10.9 Å². The standard InChI is InChI=1S/C16H17ClFN3O2S/c17-11-6-7-13(12(18)8-11)19-14(22)9-24-16-21-20-15(23-16)10-4-2-1-3-5-10/h6-8,10H,1-5,9H2,(H,19,22). The molecular weight excluding hydrogens is 353 g/mol. The van der Waals surface area contributed by atoms with E-state index in [9.17, 15) is 9.18 Å². The average Bonchev–Trinajstić information content (AvgIpc) is 3.05. The summed E-state index contributed by atoms with van der Waals surface area (Å²) in [4.78, 5) is 11.9. The van der Waals surface area contributed by atoms with Gasteiger partial charge in [0.2, 0.25) is 11.8 Å². The van der Waals surface area contributed by atoms with Gasteiger partial charge in [0.05, 0.1) is 11.4 Å². The maximum Gasteiger partial charge on any atom is 0.277 e. The minimum atomic E-state index is -0.571. The van der Waals surface area contributed by atoms with Crippen LogP contribution < -0.4 is 5.32 Å². The van der Waals surface area contributed by atoms with E-state index < -0.39 is 5.82 Å². The molecular formula is C16H17ClFN3O2S. The van der Waals surface area contributed by atoms with E-state index in [1.54, 1.807) is 0 Å². The minimum absolute atomic E-state index is 0.0639. The number of carbonyl (C=O) groups is 1. The number of benzene rings is 1. The molecule has 0 radical (unpaired) electrons. The quantitative estimate of drug-likeness (QED) is 0.777. The van der Waals surface area contributed by atoms with Crippen LogP contribution >= 0.6 is 23.4 Å². The third kappa shape index (κ3) is 4.48. The fourth-order valence-corrected chi connectivity index (χ4v) is 3.43. The van der Waals surface area contributed by atoms with Crippen LogP contribution in [0, 0.1) is 5.82 Å². The molecule has 1 aromatic carbocycles. The van der Waals surface area contributed by atoms with Crippen molar-refractivity contribution in [2.45, 2.75) is 43.2 Å². The molecule has 0 atom stereocenters. The molecule has 1 aromatic heterocycles. The summed E-state index contributed by atoms with van der Waals surface area (Å²) in [6, 6.07) is 4.09. The highest BCUT2D eigenvalue weighted by molar-refractivity contribution is 7.99. The van der Waals surface area contributed by atoms with Crippen LogP contribution in [0.2, 0.25) is 5.02 Å². The van der Waals surface area contributed by atoms with Crippen molar-refractivity contribution in [2.75, 3.05) is 11.1 Å². The maximum atomic E-state index is 13.6. The highest BCUT2D eigenvalue weighted by atomic mass is 35.5. The number of hydrogen-bond acceptors (Lipinski definition) is 5. The van der Waals surface area contributed by atoms with Crippen molar-refractivity contribution in [3.05, 3.63) is 34.9 Å². The zero-order chi connectivity index (χ0) is 16.9. The second kappa shape index (κ2) is 7.98. The van der Waals surface area contributed by atoms with Gasteiger partial charge in [-0.1, -0.05) is 42.6 Å². The molecule has 1 N–H and O–H groups in total. The predicted molar refractivity (Wildman–Crippen MR) is 90.9 cm³/mol. The van der Waals surface area contributed by atoms with Gasteiger partial charge in [-0.15, -0.1) is 10.2 Å². The largest absolute Gasteiger partial charge is 0.416 e. The first kappa shape index (κ1) is 17.2. The smallest absolute Gasteiger partial charge is 0.277 e. The summed E-state index contributed by atoms with van der Waals surface area (Å²) in [5, 5.41) is 11.2. The number of rotatable bonds is 5. The van der Waals surface area contributed by atoms with Crippen LogP contribution in [0.25, 0.3) is 0 Å². The van der Waals surface area contributed by atoms with Crippen LogP contribution in [0.3, 0.4) is 0 Å². The Bertz CT molecular complexity index is 719. The number of anilines is 1. The third-order valence-electron chi connectivity index (χ3n) is 3.91. The van der Waals surface area contributed by atoms with Crippen molar-refractivity contribution >= 4 is 35.0 Å². The molecule has 0 unspecified atom stereocenters. The Morgan fingerprint density at radius 2 is 2.12 bits per heavy atom. The second-order valence-corrected chi connectivity index (χ2v) is 7.07. The van der Waals surface area contributed by atoms with Gasteiger partial charge in [-0.2, -0.15) is 0 Å². The summed E-state index contributed by atoms with van der Waals surface area (Å²) in [5.74, 6) is 0.129. The number of aromatic nitrogens is 2. The Labute approximate surface area is 148 Å². The number of carbonyl (C=O) groups excluding carboxylic acids is 1. The van der Waals surface area contributed by atoms with Crippen molar-refractivity contribution in [2.24, 2.45) is 0 Å². The summed E-state index contributed by atoms with van der Waals surface area (Å²) >= 11 is 6.82. The molecule has 1 fully saturated rings. The molecule has 0 saturated heterocycles. The zero-order valence-electron chi connectivity index (χ0n) is 12.9. The van der Waals surface area contributed by atoms with Crippen molar-refractivity contribution in [3.8, 4) is 0 Å². The molecule has 2 aromatic rings. The van der Waals surface area contributed by atoms with E-state index in [1.165, 1.54) is 31.4 Å². The Hall–Kier alpha value is -1.60. The Kier molecular flexibility index (Phi) is 5.73. The molecule has 1 amide bonds. The van der Waals surface area contributed by atoms with Crippen molar-refractivity contribution in [1.29, 1.82) is 0 Å². The van der Waals surface area contributed by atoms with Crippen LogP contribution in [0.5, 0.6) is 0 Å². The Morgan fingerprint density at radius 1 is 1.33 bits per heavy atom. The van der Waals surface area contributed by atoms with Crippen LogP contribution in [0.1, 0.15) is 43.9 Å². The lowest BCUT2D eigenvalue weighted by molar-refractivity contribution is -0.113. The number of amides is 1. The van der Waals surface area contributed by atoms with Gasteiger partial charge in [0.15, 0.2) is 0 Å². The van der Waals surface area contributed by atoms with E-state index in [0.717, 1.165) is 30.7 Å². The number of hydrogen-bond donors (Lipinski definition) is 1. The third-order valence-corrected chi connectivity index (χ3v) is 4.96. The first-order valence-corrected chi connectivity index (χ1v) is 9.19. The normalized spacial score (nSPS) is 15.4. The first-order chi connectivity index (χ1) is 11.6. The van der Waals surface area contributed by atoms with E-state index in [-0.39, 0.29) is 22.4 Å². The molecule has 1 saturated carbocycles. The summed E-state index contributed by atoms with van der Waals surface area (Å²) in [5.41, 5.74) is 0.0958. The van der Waals surface area contributed by atoms with E-state index in [4.69, 9.17) is 16.0 Å². The lowest BCUT2D eigenvalue weighted by Gasteiger charge is -2.17. The van der Waals surface area contributed by atoms with Gasteiger partial charge < -0.3 is 9.73 Å². The Morgan fingerprint density at radius 3 is 2.88 bits per heavy atom. The fraction of sp³-hybridized carbons (Fsp3) is 0.438. The molecule has 1 heterocycles. The topological polar surface area (TPSA) is 68.0 Å². The van der Waals surface area contributed by atoms with E-state index in [1.807, 2.05) is 0 Å². The number of nitrogens with zero attached hydrogens (tertiary/aromatic N) is 2. The molecule has 5 nitrogen and oxygen atoms in total. The first-order valence-electron chi connectivity index (χ1n) is 7.83. The van der Waals surface area contributed by atoms with E-state index >= 15 is 0 Å². The number of halogens is 2. The van der Waals surface area contributed by atoms with Crippen LogP contribution in [0.4, 0.5) is 10.1 Å². The monoisotopic (exact) mass is 369 g/mol. The molecule has 128 valence electrons. The van der Waals surface area contributed by atoms with Crippen molar-refractivity contribution in [1.82, 2.24) is 10.2 Å². The van der Waals surface area contributed by atoms with Crippen LogP contribution in [0.15, 0.2) is 27.8 Å². The lowest BCUT2D eigenvalue weighted by Crippen LogP contribution is -2.15. The van der Waals surface area contributed by atoms with Gasteiger partial charge >= 0.3 is 0 Å². The molecule has 1 aliphatic rings. The van der Waals surface area contributed by atoms with Gasteiger partial charge in [-0.05, 0) is 31.0 Å². The van der Waals surface area contributed by atoms with Crippen molar-refractivity contribution < 1.29 is 13.6 Å². The maximum absolute atomic E-state index is 13.6. The minimum Gasteiger partial charge on any atom is -0.416 e. The van der Waals surface area contributed by atoms with Gasteiger partial charge in [0.25, 0.3) is 5.22 Å². The summed E-state index contributed by atoms with van der Waals surface area (Å²) in [6.45, 7) is 0. The number of nitrogens with one attached hydrogen (secondary N) is 1. The van der Waals surface area contributed by atoms with Crippen LogP contribution in [-0.2, 0) is 4.79 Å². The van der Waals surface area contributed by atoms with E-state index in [0.29, 0.717) is 17.0 Å². The fourth-order valence-electron chi connectivity index (χ4n) is 2.70. The Balaban J connectivity index is 1.52. The number of thioether (sulfide) groups is 1. The van der Waals surface area contributed by atoms with Gasteiger partial charge in [0.1, 0.15) is 5.82 Å². The molecule has 1 aliphatic carbocycles. The molecule has 3 rings (SSSR count). The highest BCUT2D eigenvalue weighted by Gasteiger charge is 2.21. The molecule has 0 bridgehead atoms. The molecule has 0 aliphatic heterocycles.